The van der Waals surface area contributed by atoms with Crippen LogP contribution in [0.25, 0.3) is 0 Å². The lowest BCUT2D eigenvalue weighted by Crippen LogP contribution is -2.45. The summed E-state index contributed by atoms with van der Waals surface area (Å²) in [6, 6.07) is 14.8. The maximum absolute atomic E-state index is 12.5. The van der Waals surface area contributed by atoms with Crippen molar-refractivity contribution >= 4 is 17.5 Å². The van der Waals surface area contributed by atoms with Crippen molar-refractivity contribution in [1.82, 2.24) is 10.6 Å². The van der Waals surface area contributed by atoms with Gasteiger partial charge >= 0.3 is 0 Å². The highest BCUT2D eigenvalue weighted by Crippen LogP contribution is 2.24. The average Bonchev–Trinajstić information content (AvgIpc) is 2.78. The minimum atomic E-state index is -0.101. The fourth-order valence-electron chi connectivity index (χ4n) is 3.48. The summed E-state index contributed by atoms with van der Waals surface area (Å²) in [6.07, 6.45) is 3.31. The number of carbonyl (C=O) groups excluding carboxylic acids is 2. The number of amides is 2. The molecule has 2 amide bonds. The van der Waals surface area contributed by atoms with Crippen molar-refractivity contribution in [2.75, 3.05) is 31.6 Å². The minimum Gasteiger partial charge on any atom is -0.497 e. The Morgan fingerprint density at radius 3 is 2.45 bits per heavy atom. The molecule has 6 heteroatoms. The largest absolute Gasteiger partial charge is 0.497 e. The van der Waals surface area contributed by atoms with E-state index in [2.05, 4.69) is 22.1 Å². The van der Waals surface area contributed by atoms with Gasteiger partial charge in [-0.2, -0.15) is 0 Å². The van der Waals surface area contributed by atoms with Gasteiger partial charge < -0.3 is 20.3 Å². The molecular formula is C23H27N3O3. The number of para-hydroxylation sites is 1. The smallest absolute Gasteiger partial charge is 0.253 e. The lowest BCUT2D eigenvalue weighted by Gasteiger charge is -2.35. The van der Waals surface area contributed by atoms with E-state index in [0.717, 1.165) is 37.4 Å². The van der Waals surface area contributed by atoms with Crippen molar-refractivity contribution in [2.24, 2.45) is 0 Å². The van der Waals surface area contributed by atoms with E-state index >= 15 is 0 Å². The molecule has 0 saturated carbocycles. The number of nitrogens with zero attached hydrogens (tertiary/aromatic N) is 1. The van der Waals surface area contributed by atoms with Crippen LogP contribution in [0.15, 0.2) is 61.2 Å². The Bertz CT molecular complexity index is 856. The number of hydrogen-bond donors (Lipinski definition) is 2. The summed E-state index contributed by atoms with van der Waals surface area (Å²) in [7, 11) is 1.60. The van der Waals surface area contributed by atoms with Crippen LogP contribution in [-0.2, 0) is 0 Å². The molecule has 152 valence electrons. The lowest BCUT2D eigenvalue weighted by atomic mass is 10.0. The molecule has 0 aromatic heterocycles. The molecular weight excluding hydrogens is 366 g/mol. The molecule has 1 aliphatic heterocycles. The summed E-state index contributed by atoms with van der Waals surface area (Å²) in [6.45, 7) is 5.63. The number of nitrogens with one attached hydrogen (secondary N) is 2. The number of rotatable bonds is 7. The second-order valence-corrected chi connectivity index (χ2v) is 6.98. The predicted octanol–water partition coefficient (Wildman–Crippen LogP) is 3.01. The predicted molar refractivity (Wildman–Crippen MR) is 115 cm³/mol. The second kappa shape index (κ2) is 9.78. The quantitative estimate of drug-likeness (QED) is 0.710. The second-order valence-electron chi connectivity index (χ2n) is 6.98. The summed E-state index contributed by atoms with van der Waals surface area (Å²) >= 11 is 0. The summed E-state index contributed by atoms with van der Waals surface area (Å²) in [5.41, 5.74) is 2.21. The molecule has 1 fully saturated rings. The fourth-order valence-corrected chi connectivity index (χ4v) is 3.48. The highest BCUT2D eigenvalue weighted by molar-refractivity contribution is 6.00. The topological polar surface area (TPSA) is 70.7 Å². The summed E-state index contributed by atoms with van der Waals surface area (Å²) < 4.78 is 5.13. The molecule has 1 aliphatic rings. The molecule has 2 N–H and O–H groups in total. The minimum absolute atomic E-state index is 0.0738. The van der Waals surface area contributed by atoms with E-state index in [4.69, 9.17) is 4.74 Å². The zero-order valence-electron chi connectivity index (χ0n) is 16.7. The third-order valence-corrected chi connectivity index (χ3v) is 5.08. The van der Waals surface area contributed by atoms with Gasteiger partial charge in [-0.05, 0) is 49.2 Å². The molecule has 0 unspecified atom stereocenters. The van der Waals surface area contributed by atoms with Crippen molar-refractivity contribution in [3.05, 3.63) is 72.3 Å². The van der Waals surface area contributed by atoms with Crippen LogP contribution < -0.4 is 20.3 Å². The van der Waals surface area contributed by atoms with Gasteiger partial charge in [-0.1, -0.05) is 18.2 Å². The Hall–Kier alpha value is -3.28. The third-order valence-electron chi connectivity index (χ3n) is 5.08. The molecule has 3 rings (SSSR count). The van der Waals surface area contributed by atoms with Gasteiger partial charge in [-0.3, -0.25) is 9.59 Å². The molecule has 29 heavy (non-hydrogen) atoms. The van der Waals surface area contributed by atoms with Gasteiger partial charge in [-0.25, -0.2) is 0 Å². The first-order valence-corrected chi connectivity index (χ1v) is 9.80. The van der Waals surface area contributed by atoms with Gasteiger partial charge in [0, 0.05) is 36.9 Å². The zero-order chi connectivity index (χ0) is 20.6. The van der Waals surface area contributed by atoms with Gasteiger partial charge in [0.25, 0.3) is 11.8 Å². The van der Waals surface area contributed by atoms with E-state index in [1.54, 1.807) is 37.5 Å². The molecule has 6 nitrogen and oxygen atoms in total. The number of ether oxygens (including phenoxy) is 1. The normalized spacial score (nSPS) is 14.2. The van der Waals surface area contributed by atoms with Gasteiger partial charge in [0.2, 0.25) is 0 Å². The Morgan fingerprint density at radius 2 is 1.79 bits per heavy atom. The molecule has 0 aliphatic carbocycles. The molecule has 2 aromatic rings. The maximum Gasteiger partial charge on any atom is 0.253 e. The van der Waals surface area contributed by atoms with E-state index in [-0.39, 0.29) is 17.9 Å². The molecule has 0 bridgehead atoms. The van der Waals surface area contributed by atoms with E-state index < -0.39 is 0 Å². The van der Waals surface area contributed by atoms with Crippen LogP contribution in [0.5, 0.6) is 5.75 Å². The van der Waals surface area contributed by atoms with E-state index in [1.807, 2.05) is 24.3 Å². The van der Waals surface area contributed by atoms with E-state index in [9.17, 15) is 9.59 Å². The van der Waals surface area contributed by atoms with Crippen LogP contribution in [0.4, 0.5) is 5.69 Å². The van der Waals surface area contributed by atoms with Crippen LogP contribution in [0.1, 0.15) is 33.6 Å². The summed E-state index contributed by atoms with van der Waals surface area (Å²) in [5.74, 6) is 0.552. The number of benzene rings is 2. The highest BCUT2D eigenvalue weighted by Gasteiger charge is 2.24. The Kier molecular flexibility index (Phi) is 6.89. The van der Waals surface area contributed by atoms with E-state index in [0.29, 0.717) is 17.7 Å². The van der Waals surface area contributed by atoms with Crippen LogP contribution in [0.2, 0.25) is 0 Å². The van der Waals surface area contributed by atoms with Crippen molar-refractivity contribution in [3.63, 3.8) is 0 Å². The van der Waals surface area contributed by atoms with Crippen LogP contribution in [0, 0.1) is 0 Å². The Morgan fingerprint density at radius 1 is 1.10 bits per heavy atom. The molecule has 0 radical (unpaired) electrons. The van der Waals surface area contributed by atoms with Crippen molar-refractivity contribution < 1.29 is 14.3 Å². The molecule has 2 aromatic carbocycles. The number of carbonyl (C=O) groups is 2. The number of hydrogen-bond acceptors (Lipinski definition) is 4. The molecule has 1 heterocycles. The standard InChI is InChI=1S/C23H27N3O3/c1-3-14-24-23(28)20-6-4-5-7-21(20)26-15-12-18(13-16-26)25-22(27)17-8-10-19(29-2)11-9-17/h3-11,18H,1,12-16H2,2H3,(H,24,28)(H,25,27). The van der Waals surface area contributed by atoms with Crippen LogP contribution in [-0.4, -0.2) is 44.6 Å². The van der Waals surface area contributed by atoms with Crippen molar-refractivity contribution in [3.8, 4) is 5.75 Å². The Labute approximate surface area is 171 Å². The first kappa shape index (κ1) is 20.5. The average molecular weight is 393 g/mol. The van der Waals surface area contributed by atoms with Gasteiger partial charge in [-0.15, -0.1) is 6.58 Å². The SMILES string of the molecule is C=CCNC(=O)c1ccccc1N1CCC(NC(=O)c2ccc(OC)cc2)CC1. The fraction of sp³-hybridized carbons (Fsp3) is 0.304. The van der Waals surface area contributed by atoms with Crippen molar-refractivity contribution in [2.45, 2.75) is 18.9 Å². The molecule has 0 spiro atoms. The van der Waals surface area contributed by atoms with E-state index in [1.165, 1.54) is 0 Å². The molecule has 0 atom stereocenters. The van der Waals surface area contributed by atoms with Gasteiger partial charge in [0.15, 0.2) is 0 Å². The van der Waals surface area contributed by atoms with Gasteiger partial charge in [0.05, 0.1) is 12.7 Å². The number of methoxy groups -OCH3 is 1. The number of anilines is 1. The maximum atomic E-state index is 12.5. The first-order valence-electron chi connectivity index (χ1n) is 9.80. The van der Waals surface area contributed by atoms with Gasteiger partial charge in [0.1, 0.15) is 5.75 Å². The third kappa shape index (κ3) is 5.16. The van der Waals surface area contributed by atoms with Crippen LogP contribution in [0.3, 0.4) is 0 Å². The molecule has 1 saturated heterocycles. The highest BCUT2D eigenvalue weighted by atomic mass is 16.5. The number of piperidine rings is 1. The lowest BCUT2D eigenvalue weighted by molar-refractivity contribution is 0.0930. The zero-order valence-corrected chi connectivity index (χ0v) is 16.7. The first-order chi connectivity index (χ1) is 14.1. The van der Waals surface area contributed by atoms with Crippen LogP contribution >= 0.6 is 0 Å². The van der Waals surface area contributed by atoms with Crippen molar-refractivity contribution in [1.29, 1.82) is 0 Å². The Balaban J connectivity index is 1.58. The summed E-state index contributed by atoms with van der Waals surface area (Å²) in [5, 5.41) is 5.95. The summed E-state index contributed by atoms with van der Waals surface area (Å²) in [4.78, 5) is 27.1. The monoisotopic (exact) mass is 393 g/mol.